The van der Waals surface area contributed by atoms with Gasteiger partial charge in [-0.15, -0.1) is 0 Å². The van der Waals surface area contributed by atoms with Crippen molar-refractivity contribution in [1.82, 2.24) is 10.2 Å². The minimum absolute atomic E-state index is 0.0361. The van der Waals surface area contributed by atoms with E-state index in [4.69, 9.17) is 5.26 Å². The van der Waals surface area contributed by atoms with Gasteiger partial charge in [0, 0.05) is 6.54 Å². The summed E-state index contributed by atoms with van der Waals surface area (Å²) in [6, 6.07) is 2.05. The van der Waals surface area contributed by atoms with Crippen LogP contribution in [0.3, 0.4) is 0 Å². The molecule has 1 saturated carbocycles. The molecule has 0 heterocycles. The number of nitrogens with zero attached hydrogens (tertiary/aromatic N) is 2. The van der Waals surface area contributed by atoms with Crippen molar-refractivity contribution in [2.45, 2.75) is 19.8 Å². The van der Waals surface area contributed by atoms with Crippen LogP contribution < -0.4 is 5.32 Å². The van der Waals surface area contributed by atoms with Gasteiger partial charge in [-0.05, 0) is 25.3 Å². The van der Waals surface area contributed by atoms with Crippen molar-refractivity contribution in [3.8, 4) is 6.07 Å². The molecule has 0 aromatic heterocycles. The summed E-state index contributed by atoms with van der Waals surface area (Å²) in [5, 5.41) is 11.4. The SMILES string of the molecule is CCN(CC#N)CC(=O)NCC1CC1. The van der Waals surface area contributed by atoms with Crippen LogP contribution in [0.1, 0.15) is 19.8 Å². The lowest BCUT2D eigenvalue weighted by molar-refractivity contribution is -0.122. The number of nitrogens with one attached hydrogen (secondary N) is 1. The molecule has 1 amide bonds. The van der Waals surface area contributed by atoms with Crippen molar-refractivity contribution in [3.05, 3.63) is 0 Å². The standard InChI is InChI=1S/C10H17N3O/c1-2-13(6-5-11)8-10(14)12-7-9-3-4-9/h9H,2-4,6-8H2,1H3,(H,12,14). The Hall–Kier alpha value is -1.08. The zero-order chi connectivity index (χ0) is 10.4. The summed E-state index contributed by atoms with van der Waals surface area (Å²) in [6.07, 6.45) is 2.49. The molecule has 1 N–H and O–H groups in total. The van der Waals surface area contributed by atoms with Gasteiger partial charge >= 0.3 is 0 Å². The van der Waals surface area contributed by atoms with E-state index >= 15 is 0 Å². The number of hydrogen-bond donors (Lipinski definition) is 1. The maximum atomic E-state index is 11.4. The van der Waals surface area contributed by atoms with Crippen LogP contribution in [0.4, 0.5) is 0 Å². The fraction of sp³-hybridized carbons (Fsp3) is 0.800. The Labute approximate surface area is 84.9 Å². The molecule has 0 radical (unpaired) electrons. The van der Waals surface area contributed by atoms with Crippen molar-refractivity contribution in [2.24, 2.45) is 5.92 Å². The first-order valence-corrected chi connectivity index (χ1v) is 5.12. The number of amides is 1. The molecule has 0 saturated heterocycles. The van der Waals surface area contributed by atoms with Gasteiger partial charge in [-0.3, -0.25) is 9.69 Å². The van der Waals surface area contributed by atoms with E-state index in [1.54, 1.807) is 0 Å². The fourth-order valence-electron chi connectivity index (χ4n) is 1.22. The first kappa shape index (κ1) is 11.0. The second-order valence-electron chi connectivity index (χ2n) is 3.71. The lowest BCUT2D eigenvalue weighted by Crippen LogP contribution is -2.38. The van der Waals surface area contributed by atoms with Gasteiger partial charge < -0.3 is 5.32 Å². The Morgan fingerprint density at radius 1 is 1.64 bits per heavy atom. The maximum Gasteiger partial charge on any atom is 0.234 e. The number of likely N-dealkylation sites (N-methyl/N-ethyl adjacent to an activating group) is 1. The molecular weight excluding hydrogens is 178 g/mol. The molecule has 0 bridgehead atoms. The van der Waals surface area contributed by atoms with Gasteiger partial charge in [0.05, 0.1) is 19.2 Å². The zero-order valence-corrected chi connectivity index (χ0v) is 8.62. The Morgan fingerprint density at radius 3 is 2.86 bits per heavy atom. The Balaban J connectivity index is 2.12. The Morgan fingerprint density at radius 2 is 2.36 bits per heavy atom. The monoisotopic (exact) mass is 195 g/mol. The topological polar surface area (TPSA) is 56.1 Å². The molecule has 1 fully saturated rings. The molecule has 0 aliphatic heterocycles. The van der Waals surface area contributed by atoms with Crippen LogP contribution in [0, 0.1) is 17.2 Å². The lowest BCUT2D eigenvalue weighted by atomic mass is 10.4. The van der Waals surface area contributed by atoms with Crippen LogP contribution in [0.25, 0.3) is 0 Å². The molecule has 0 spiro atoms. The van der Waals surface area contributed by atoms with Gasteiger partial charge in [-0.2, -0.15) is 5.26 Å². The van der Waals surface area contributed by atoms with Gasteiger partial charge in [-0.1, -0.05) is 6.92 Å². The average Bonchev–Trinajstić information content (AvgIpc) is 2.97. The van der Waals surface area contributed by atoms with Gasteiger partial charge in [-0.25, -0.2) is 0 Å². The molecule has 0 unspecified atom stereocenters. The van der Waals surface area contributed by atoms with E-state index in [1.165, 1.54) is 12.8 Å². The Kier molecular flexibility index (Phi) is 4.41. The van der Waals surface area contributed by atoms with Gasteiger partial charge in [0.2, 0.25) is 5.91 Å². The van der Waals surface area contributed by atoms with E-state index in [0.717, 1.165) is 13.1 Å². The average molecular weight is 195 g/mol. The summed E-state index contributed by atoms with van der Waals surface area (Å²) < 4.78 is 0. The van der Waals surface area contributed by atoms with Crippen molar-refractivity contribution < 1.29 is 4.79 Å². The van der Waals surface area contributed by atoms with Gasteiger partial charge in [0.25, 0.3) is 0 Å². The summed E-state index contributed by atoms with van der Waals surface area (Å²) in [4.78, 5) is 13.2. The van der Waals surface area contributed by atoms with Crippen LogP contribution >= 0.6 is 0 Å². The molecule has 1 rings (SSSR count). The molecule has 4 nitrogen and oxygen atoms in total. The van der Waals surface area contributed by atoms with Crippen LogP contribution in [0.15, 0.2) is 0 Å². The third-order valence-electron chi connectivity index (χ3n) is 2.39. The maximum absolute atomic E-state index is 11.4. The minimum atomic E-state index is 0.0361. The molecule has 1 aliphatic rings. The summed E-state index contributed by atoms with van der Waals surface area (Å²) in [7, 11) is 0. The zero-order valence-electron chi connectivity index (χ0n) is 8.62. The molecule has 0 aromatic rings. The molecule has 4 heteroatoms. The summed E-state index contributed by atoms with van der Waals surface area (Å²) in [6.45, 7) is 4.17. The van der Waals surface area contributed by atoms with Crippen molar-refractivity contribution in [1.29, 1.82) is 5.26 Å². The number of rotatable bonds is 6. The number of carbonyl (C=O) groups excluding carboxylic acids is 1. The van der Waals surface area contributed by atoms with E-state index in [2.05, 4.69) is 5.32 Å². The number of hydrogen-bond acceptors (Lipinski definition) is 3. The summed E-state index contributed by atoms with van der Waals surface area (Å²) in [5.41, 5.74) is 0. The van der Waals surface area contributed by atoms with Crippen molar-refractivity contribution >= 4 is 5.91 Å². The van der Waals surface area contributed by atoms with Gasteiger partial charge in [0.15, 0.2) is 0 Å². The van der Waals surface area contributed by atoms with Crippen LogP contribution in [0.5, 0.6) is 0 Å². The Bertz CT molecular complexity index is 230. The second-order valence-corrected chi connectivity index (χ2v) is 3.71. The van der Waals surface area contributed by atoms with Crippen molar-refractivity contribution in [3.63, 3.8) is 0 Å². The van der Waals surface area contributed by atoms with Crippen LogP contribution in [0.2, 0.25) is 0 Å². The highest BCUT2D eigenvalue weighted by Crippen LogP contribution is 2.27. The molecular formula is C10H17N3O. The quantitative estimate of drug-likeness (QED) is 0.622. The summed E-state index contributed by atoms with van der Waals surface area (Å²) in [5.74, 6) is 0.749. The molecule has 14 heavy (non-hydrogen) atoms. The van der Waals surface area contributed by atoms with E-state index in [0.29, 0.717) is 19.0 Å². The smallest absolute Gasteiger partial charge is 0.234 e. The van der Waals surface area contributed by atoms with Crippen LogP contribution in [-0.4, -0.2) is 37.0 Å². The van der Waals surface area contributed by atoms with Crippen LogP contribution in [-0.2, 0) is 4.79 Å². The second kappa shape index (κ2) is 5.61. The van der Waals surface area contributed by atoms with Gasteiger partial charge in [0.1, 0.15) is 0 Å². The first-order chi connectivity index (χ1) is 6.76. The molecule has 0 atom stereocenters. The molecule has 1 aliphatic carbocycles. The highest BCUT2D eigenvalue weighted by molar-refractivity contribution is 5.78. The number of nitriles is 1. The lowest BCUT2D eigenvalue weighted by Gasteiger charge is -2.15. The van der Waals surface area contributed by atoms with E-state index in [1.807, 2.05) is 17.9 Å². The third-order valence-corrected chi connectivity index (χ3v) is 2.39. The number of carbonyl (C=O) groups is 1. The predicted molar refractivity (Wildman–Crippen MR) is 53.5 cm³/mol. The predicted octanol–water partition coefficient (Wildman–Crippen LogP) is 0.358. The minimum Gasteiger partial charge on any atom is -0.355 e. The molecule has 0 aromatic carbocycles. The highest BCUT2D eigenvalue weighted by Gasteiger charge is 2.21. The molecule has 78 valence electrons. The third kappa shape index (κ3) is 4.24. The highest BCUT2D eigenvalue weighted by atomic mass is 16.2. The normalized spacial score (nSPS) is 15.2. The van der Waals surface area contributed by atoms with E-state index < -0.39 is 0 Å². The summed E-state index contributed by atoms with van der Waals surface area (Å²) >= 11 is 0. The first-order valence-electron chi connectivity index (χ1n) is 5.12. The largest absolute Gasteiger partial charge is 0.355 e. The van der Waals surface area contributed by atoms with E-state index in [9.17, 15) is 4.79 Å². The van der Waals surface area contributed by atoms with Crippen molar-refractivity contribution in [2.75, 3.05) is 26.2 Å². The van der Waals surface area contributed by atoms with E-state index in [-0.39, 0.29) is 5.91 Å². The fourth-order valence-corrected chi connectivity index (χ4v) is 1.22.